The van der Waals surface area contributed by atoms with Crippen molar-refractivity contribution < 1.29 is 9.18 Å². The first-order chi connectivity index (χ1) is 15.6. The number of fused-ring (bicyclic) bond motifs is 1. The summed E-state index contributed by atoms with van der Waals surface area (Å²) in [5.41, 5.74) is 3.89. The number of amides is 1. The lowest BCUT2D eigenvalue weighted by atomic mass is 10.1. The van der Waals surface area contributed by atoms with Gasteiger partial charge in [0.25, 0.3) is 5.91 Å². The monoisotopic (exact) mass is 493 g/mol. The summed E-state index contributed by atoms with van der Waals surface area (Å²) in [4.78, 5) is 17.0. The van der Waals surface area contributed by atoms with Crippen LogP contribution in [0.4, 0.5) is 4.39 Å². The quantitative estimate of drug-likeness (QED) is 0.285. The molecule has 6 heteroatoms. The Kier molecular flexibility index (Phi) is 7.32. The van der Waals surface area contributed by atoms with Gasteiger partial charge in [-0.25, -0.2) is 9.37 Å². The van der Waals surface area contributed by atoms with Crippen molar-refractivity contribution in [3.05, 3.63) is 100 Å². The molecule has 4 rings (SSSR count). The lowest BCUT2D eigenvalue weighted by Gasteiger charge is -2.10. The van der Waals surface area contributed by atoms with Gasteiger partial charge in [0.05, 0.1) is 11.0 Å². The maximum atomic E-state index is 13.0. The highest BCUT2D eigenvalue weighted by atomic mass is 79.9. The number of hydrogen-bond donors (Lipinski definition) is 1. The number of rotatable bonds is 9. The van der Waals surface area contributed by atoms with Crippen LogP contribution in [0.15, 0.2) is 77.3 Å². The van der Waals surface area contributed by atoms with Crippen molar-refractivity contribution in [2.24, 2.45) is 0 Å². The van der Waals surface area contributed by atoms with Crippen LogP contribution < -0.4 is 5.32 Å². The third kappa shape index (κ3) is 5.62. The van der Waals surface area contributed by atoms with Crippen LogP contribution in [0.3, 0.4) is 0 Å². The molecule has 0 fully saturated rings. The number of hydrogen-bond acceptors (Lipinski definition) is 2. The summed E-state index contributed by atoms with van der Waals surface area (Å²) in [6.07, 6.45) is 3.76. The van der Waals surface area contributed by atoms with E-state index >= 15 is 0 Å². The number of halogens is 2. The summed E-state index contributed by atoms with van der Waals surface area (Å²) < 4.78 is 16.3. The smallest absolute Gasteiger partial charge is 0.251 e. The predicted molar refractivity (Wildman–Crippen MR) is 129 cm³/mol. The minimum atomic E-state index is -0.340. The first kappa shape index (κ1) is 22.2. The molecule has 0 saturated heterocycles. The van der Waals surface area contributed by atoms with E-state index in [0.717, 1.165) is 53.6 Å². The largest absolute Gasteiger partial charge is 0.352 e. The number of nitrogens with zero attached hydrogens (tertiary/aromatic N) is 2. The second kappa shape index (κ2) is 10.6. The summed E-state index contributed by atoms with van der Waals surface area (Å²) in [5, 5.41) is 2.90. The Hall–Kier alpha value is -2.99. The van der Waals surface area contributed by atoms with E-state index in [0.29, 0.717) is 12.1 Å². The zero-order chi connectivity index (χ0) is 22.3. The molecule has 0 unspecified atom stereocenters. The fraction of sp³-hybridized carbons (Fsp3) is 0.231. The zero-order valence-electron chi connectivity index (χ0n) is 17.7. The van der Waals surface area contributed by atoms with Crippen molar-refractivity contribution in [3.8, 4) is 0 Å². The lowest BCUT2D eigenvalue weighted by molar-refractivity contribution is 0.0953. The van der Waals surface area contributed by atoms with Crippen molar-refractivity contribution in [1.82, 2.24) is 14.9 Å². The van der Waals surface area contributed by atoms with E-state index in [4.69, 9.17) is 4.98 Å². The third-order valence-electron chi connectivity index (χ3n) is 5.46. The van der Waals surface area contributed by atoms with E-state index in [1.165, 1.54) is 29.8 Å². The number of imidazole rings is 1. The topological polar surface area (TPSA) is 46.9 Å². The second-order valence-corrected chi connectivity index (χ2v) is 8.72. The SMILES string of the molecule is O=C(NCCCCCc1nc2ccccc2n1Cc1ccc(Br)cc1)c1ccc(F)cc1. The zero-order valence-corrected chi connectivity index (χ0v) is 19.3. The van der Waals surface area contributed by atoms with E-state index in [9.17, 15) is 9.18 Å². The van der Waals surface area contributed by atoms with Crippen LogP contribution in [-0.2, 0) is 13.0 Å². The standard InChI is InChI=1S/C26H25BrFN3O/c27-21-13-9-19(10-14-21)18-31-24-7-4-3-6-23(24)30-25(31)8-2-1-5-17-29-26(32)20-11-15-22(28)16-12-20/h3-4,6-7,9-16H,1-2,5,8,17-18H2,(H,29,32). The third-order valence-corrected chi connectivity index (χ3v) is 5.99. The van der Waals surface area contributed by atoms with Crippen LogP contribution in [-0.4, -0.2) is 22.0 Å². The first-order valence-corrected chi connectivity index (χ1v) is 11.6. The van der Waals surface area contributed by atoms with Crippen LogP contribution >= 0.6 is 15.9 Å². The van der Waals surface area contributed by atoms with Crippen LogP contribution in [0.1, 0.15) is 41.0 Å². The van der Waals surface area contributed by atoms with Crippen molar-refractivity contribution in [1.29, 1.82) is 0 Å². The number of benzene rings is 3. The Morgan fingerprint density at radius 2 is 1.69 bits per heavy atom. The molecule has 0 bridgehead atoms. The molecule has 4 aromatic rings. The Balaban J connectivity index is 1.31. The normalized spacial score (nSPS) is 11.1. The van der Waals surface area contributed by atoms with E-state index in [-0.39, 0.29) is 11.7 Å². The lowest BCUT2D eigenvalue weighted by Crippen LogP contribution is -2.24. The Labute approximate surface area is 195 Å². The van der Waals surface area contributed by atoms with E-state index in [2.05, 4.69) is 68.3 Å². The van der Waals surface area contributed by atoms with Gasteiger partial charge in [-0.15, -0.1) is 0 Å². The molecule has 0 aliphatic rings. The second-order valence-electron chi connectivity index (χ2n) is 7.80. The fourth-order valence-electron chi connectivity index (χ4n) is 3.76. The van der Waals surface area contributed by atoms with Crippen LogP contribution in [0.2, 0.25) is 0 Å². The van der Waals surface area contributed by atoms with E-state index < -0.39 is 0 Å². The minimum Gasteiger partial charge on any atom is -0.352 e. The minimum absolute atomic E-state index is 0.165. The molecule has 0 aliphatic heterocycles. The fourth-order valence-corrected chi connectivity index (χ4v) is 4.02. The molecule has 32 heavy (non-hydrogen) atoms. The van der Waals surface area contributed by atoms with Crippen LogP contribution in [0.25, 0.3) is 11.0 Å². The maximum absolute atomic E-state index is 13.0. The van der Waals surface area contributed by atoms with Crippen molar-refractivity contribution in [3.63, 3.8) is 0 Å². The molecule has 164 valence electrons. The molecule has 1 heterocycles. The van der Waals surface area contributed by atoms with Crippen LogP contribution in [0.5, 0.6) is 0 Å². The van der Waals surface area contributed by atoms with E-state index in [1.54, 1.807) is 0 Å². The summed E-state index contributed by atoms with van der Waals surface area (Å²) >= 11 is 3.50. The number of nitrogens with one attached hydrogen (secondary N) is 1. The van der Waals surface area contributed by atoms with Gasteiger partial charge in [-0.05, 0) is 66.9 Å². The maximum Gasteiger partial charge on any atom is 0.251 e. The van der Waals surface area contributed by atoms with Gasteiger partial charge in [0.15, 0.2) is 0 Å². The molecule has 0 radical (unpaired) electrons. The summed E-state index contributed by atoms with van der Waals surface area (Å²) in [5.74, 6) is 0.582. The first-order valence-electron chi connectivity index (χ1n) is 10.8. The number of aromatic nitrogens is 2. The molecule has 0 aliphatic carbocycles. The van der Waals surface area contributed by atoms with E-state index in [1.807, 2.05) is 6.07 Å². The van der Waals surface area contributed by atoms with Gasteiger partial charge in [0.2, 0.25) is 0 Å². The molecule has 1 amide bonds. The molecule has 0 spiro atoms. The Morgan fingerprint density at radius 1 is 0.938 bits per heavy atom. The van der Waals surface area contributed by atoms with Crippen LogP contribution in [0, 0.1) is 5.82 Å². The predicted octanol–water partition coefficient (Wildman–Crippen LogP) is 6.13. The molecular formula is C26H25BrFN3O. The summed E-state index contributed by atoms with van der Waals surface area (Å²) in [7, 11) is 0. The van der Waals surface area contributed by atoms with Gasteiger partial charge in [0, 0.05) is 29.5 Å². The molecule has 0 saturated carbocycles. The number of carbonyl (C=O) groups is 1. The highest BCUT2D eigenvalue weighted by Crippen LogP contribution is 2.20. The number of aryl methyl sites for hydroxylation is 1. The van der Waals surface area contributed by atoms with Gasteiger partial charge in [-0.3, -0.25) is 4.79 Å². The Bertz CT molecular complexity index is 1190. The number of unbranched alkanes of at least 4 members (excludes halogenated alkanes) is 2. The summed E-state index contributed by atoms with van der Waals surface area (Å²) in [6.45, 7) is 1.39. The van der Waals surface area contributed by atoms with Crippen molar-refractivity contribution in [2.75, 3.05) is 6.54 Å². The number of carbonyl (C=O) groups excluding carboxylic acids is 1. The van der Waals surface area contributed by atoms with Gasteiger partial charge in [-0.1, -0.05) is 46.6 Å². The Morgan fingerprint density at radius 3 is 2.47 bits per heavy atom. The molecule has 1 N–H and O–H groups in total. The van der Waals surface area contributed by atoms with Gasteiger partial charge >= 0.3 is 0 Å². The average molecular weight is 494 g/mol. The highest BCUT2D eigenvalue weighted by Gasteiger charge is 2.11. The molecular weight excluding hydrogens is 469 g/mol. The summed E-state index contributed by atoms with van der Waals surface area (Å²) in [6, 6.07) is 22.2. The van der Waals surface area contributed by atoms with Gasteiger partial charge in [0.1, 0.15) is 11.6 Å². The highest BCUT2D eigenvalue weighted by molar-refractivity contribution is 9.10. The molecule has 3 aromatic carbocycles. The van der Waals surface area contributed by atoms with Crippen molar-refractivity contribution in [2.45, 2.75) is 32.2 Å². The molecule has 1 aromatic heterocycles. The van der Waals surface area contributed by atoms with Gasteiger partial charge in [-0.2, -0.15) is 0 Å². The molecule has 4 nitrogen and oxygen atoms in total. The molecule has 0 atom stereocenters. The average Bonchev–Trinajstić information content (AvgIpc) is 3.15. The number of para-hydroxylation sites is 2. The van der Waals surface area contributed by atoms with Crippen molar-refractivity contribution >= 4 is 32.9 Å². The van der Waals surface area contributed by atoms with Gasteiger partial charge < -0.3 is 9.88 Å².